The van der Waals surface area contributed by atoms with Gasteiger partial charge in [0.15, 0.2) is 0 Å². The van der Waals surface area contributed by atoms with Gasteiger partial charge in [-0.25, -0.2) is 4.98 Å². The number of pyridine rings is 1. The highest BCUT2D eigenvalue weighted by molar-refractivity contribution is 5.99. The molecule has 0 radical (unpaired) electrons. The van der Waals surface area contributed by atoms with Crippen molar-refractivity contribution in [1.82, 2.24) is 4.98 Å². The number of fused-ring (bicyclic) bond motifs is 1. The van der Waals surface area contributed by atoms with Gasteiger partial charge in [-0.15, -0.1) is 0 Å². The van der Waals surface area contributed by atoms with E-state index in [-0.39, 0.29) is 5.84 Å². The summed E-state index contributed by atoms with van der Waals surface area (Å²) in [6.07, 6.45) is 4.17. The predicted molar refractivity (Wildman–Crippen MR) is 77.0 cm³/mol. The first kappa shape index (κ1) is 13.8. The van der Waals surface area contributed by atoms with Crippen molar-refractivity contribution in [3.8, 4) is 0 Å². The van der Waals surface area contributed by atoms with Gasteiger partial charge in [0, 0.05) is 33.0 Å². The van der Waals surface area contributed by atoms with Gasteiger partial charge in [-0.2, -0.15) is 0 Å². The normalized spacial score (nSPS) is 13.4. The van der Waals surface area contributed by atoms with Crippen LogP contribution in [0.15, 0.2) is 6.07 Å². The van der Waals surface area contributed by atoms with E-state index in [1.54, 1.807) is 7.11 Å². The average Bonchev–Trinajstić information content (AvgIpc) is 2.84. The number of ether oxygens (including phenoxy) is 1. The third-order valence-corrected chi connectivity index (χ3v) is 3.52. The molecule has 1 aliphatic carbocycles. The van der Waals surface area contributed by atoms with Crippen LogP contribution in [0, 0.1) is 5.41 Å². The molecule has 3 N–H and O–H groups in total. The maximum atomic E-state index is 7.73. The van der Waals surface area contributed by atoms with Crippen molar-refractivity contribution in [3.63, 3.8) is 0 Å². The van der Waals surface area contributed by atoms with Crippen molar-refractivity contribution in [2.24, 2.45) is 5.73 Å². The van der Waals surface area contributed by atoms with Crippen LogP contribution in [0.4, 0.5) is 5.82 Å². The second kappa shape index (κ2) is 6.02. The first-order valence-electron chi connectivity index (χ1n) is 6.70. The predicted octanol–water partition coefficient (Wildman–Crippen LogP) is 1.33. The quantitative estimate of drug-likeness (QED) is 0.461. The number of methoxy groups -OCH3 is 1. The van der Waals surface area contributed by atoms with Crippen LogP contribution in [-0.2, 0) is 17.6 Å². The van der Waals surface area contributed by atoms with E-state index < -0.39 is 0 Å². The number of nitrogens with two attached hydrogens (primary N) is 1. The number of hydrogen-bond donors (Lipinski definition) is 2. The summed E-state index contributed by atoms with van der Waals surface area (Å²) >= 11 is 0. The third-order valence-electron chi connectivity index (χ3n) is 3.52. The maximum Gasteiger partial charge on any atom is 0.139 e. The van der Waals surface area contributed by atoms with Crippen molar-refractivity contribution < 1.29 is 4.74 Å². The number of rotatable bonds is 6. The van der Waals surface area contributed by atoms with Crippen LogP contribution in [0.1, 0.15) is 29.7 Å². The zero-order chi connectivity index (χ0) is 13.8. The van der Waals surface area contributed by atoms with E-state index in [4.69, 9.17) is 20.9 Å². The molecular weight excluding hydrogens is 240 g/mol. The Kier molecular flexibility index (Phi) is 4.37. The van der Waals surface area contributed by atoms with Gasteiger partial charge >= 0.3 is 0 Å². The molecule has 1 heterocycles. The summed E-state index contributed by atoms with van der Waals surface area (Å²) in [7, 11) is 3.69. The topological polar surface area (TPSA) is 75.2 Å². The largest absolute Gasteiger partial charge is 0.385 e. The van der Waals surface area contributed by atoms with Crippen LogP contribution in [0.5, 0.6) is 0 Å². The Morgan fingerprint density at radius 3 is 3.00 bits per heavy atom. The minimum atomic E-state index is 0.0933. The molecule has 1 aliphatic rings. The molecule has 104 valence electrons. The number of nitrogens with one attached hydrogen (secondary N) is 1. The molecule has 19 heavy (non-hydrogen) atoms. The molecule has 1 aromatic rings. The summed E-state index contributed by atoms with van der Waals surface area (Å²) in [6.45, 7) is 1.57. The molecule has 0 unspecified atom stereocenters. The minimum Gasteiger partial charge on any atom is -0.385 e. The Hall–Kier alpha value is -1.62. The number of aryl methyl sites for hydroxylation is 2. The van der Waals surface area contributed by atoms with Crippen molar-refractivity contribution in [3.05, 3.63) is 22.9 Å². The molecule has 0 aliphatic heterocycles. The number of nitrogen functional groups attached to an aromatic ring is 1. The van der Waals surface area contributed by atoms with E-state index in [2.05, 4.69) is 4.90 Å². The summed E-state index contributed by atoms with van der Waals surface area (Å²) < 4.78 is 5.07. The highest BCUT2D eigenvalue weighted by Crippen LogP contribution is 2.26. The van der Waals surface area contributed by atoms with Crippen LogP contribution in [0.25, 0.3) is 0 Å². The van der Waals surface area contributed by atoms with E-state index in [1.807, 2.05) is 13.1 Å². The first-order valence-corrected chi connectivity index (χ1v) is 6.70. The lowest BCUT2D eigenvalue weighted by molar-refractivity contribution is 0.196. The molecule has 0 amide bonds. The van der Waals surface area contributed by atoms with Crippen LogP contribution < -0.4 is 10.6 Å². The van der Waals surface area contributed by atoms with Crippen LogP contribution in [0.2, 0.25) is 0 Å². The SMILES string of the molecule is COCCCN(C)c1nc2c(cc1C(=N)N)CCC2. The van der Waals surface area contributed by atoms with E-state index in [0.29, 0.717) is 0 Å². The Morgan fingerprint density at radius 1 is 1.53 bits per heavy atom. The third kappa shape index (κ3) is 3.04. The van der Waals surface area contributed by atoms with E-state index in [0.717, 1.165) is 50.2 Å². The van der Waals surface area contributed by atoms with Crippen LogP contribution in [-0.4, -0.2) is 38.1 Å². The lowest BCUT2D eigenvalue weighted by atomic mass is 10.1. The molecule has 2 rings (SSSR count). The van der Waals surface area contributed by atoms with Gasteiger partial charge in [-0.3, -0.25) is 5.41 Å². The monoisotopic (exact) mass is 262 g/mol. The molecule has 0 spiro atoms. The standard InChI is InChI=1S/C14H22N4O/c1-18(7-4-8-19-2)14-11(13(15)16)9-10-5-3-6-12(10)17-14/h9H,3-8H2,1-2H3,(H3,15,16). The summed E-state index contributed by atoms with van der Waals surface area (Å²) in [5.41, 5.74) is 8.86. The van der Waals surface area contributed by atoms with Crippen LogP contribution >= 0.6 is 0 Å². The Balaban J connectivity index is 2.24. The lowest BCUT2D eigenvalue weighted by Gasteiger charge is -2.22. The molecule has 1 aromatic heterocycles. The van der Waals surface area contributed by atoms with Crippen molar-refractivity contribution in [2.75, 3.05) is 32.2 Å². The number of amidine groups is 1. The van der Waals surface area contributed by atoms with Gasteiger partial charge in [0.25, 0.3) is 0 Å². The zero-order valence-corrected chi connectivity index (χ0v) is 11.7. The molecule has 0 atom stereocenters. The number of aromatic nitrogens is 1. The van der Waals surface area contributed by atoms with Gasteiger partial charge in [0.2, 0.25) is 0 Å². The summed E-state index contributed by atoms with van der Waals surface area (Å²) in [4.78, 5) is 6.78. The molecule has 5 nitrogen and oxygen atoms in total. The van der Waals surface area contributed by atoms with E-state index in [9.17, 15) is 0 Å². The van der Waals surface area contributed by atoms with Gasteiger partial charge in [0.05, 0.1) is 5.56 Å². The highest BCUT2D eigenvalue weighted by Gasteiger charge is 2.19. The fourth-order valence-corrected chi connectivity index (χ4v) is 2.50. The summed E-state index contributed by atoms with van der Waals surface area (Å²) in [6, 6.07) is 2.04. The average molecular weight is 262 g/mol. The number of nitrogens with zero attached hydrogens (tertiary/aromatic N) is 2. The minimum absolute atomic E-state index is 0.0933. The fourth-order valence-electron chi connectivity index (χ4n) is 2.50. The summed E-state index contributed by atoms with van der Waals surface area (Å²) in [5.74, 6) is 0.917. The molecular formula is C14H22N4O. The summed E-state index contributed by atoms with van der Waals surface area (Å²) in [5, 5.41) is 7.73. The van der Waals surface area contributed by atoms with Crippen molar-refractivity contribution in [1.29, 1.82) is 5.41 Å². The number of hydrogen-bond acceptors (Lipinski definition) is 4. The first-order chi connectivity index (χ1) is 9.13. The molecule has 5 heteroatoms. The molecule has 0 fully saturated rings. The molecule has 0 bridgehead atoms. The van der Waals surface area contributed by atoms with Gasteiger partial charge in [-0.05, 0) is 37.3 Å². The van der Waals surface area contributed by atoms with Gasteiger partial charge < -0.3 is 15.4 Å². The Morgan fingerprint density at radius 2 is 2.32 bits per heavy atom. The van der Waals surface area contributed by atoms with Crippen LogP contribution in [0.3, 0.4) is 0 Å². The van der Waals surface area contributed by atoms with E-state index in [1.165, 1.54) is 11.3 Å². The Bertz CT molecular complexity index is 473. The fraction of sp³-hybridized carbons (Fsp3) is 0.571. The smallest absolute Gasteiger partial charge is 0.139 e. The second-order valence-corrected chi connectivity index (χ2v) is 5.00. The van der Waals surface area contributed by atoms with Gasteiger partial charge in [-0.1, -0.05) is 0 Å². The molecule has 0 saturated carbocycles. The molecule has 0 aromatic carbocycles. The lowest BCUT2D eigenvalue weighted by Crippen LogP contribution is -2.26. The second-order valence-electron chi connectivity index (χ2n) is 5.00. The van der Waals surface area contributed by atoms with Gasteiger partial charge in [0.1, 0.15) is 11.7 Å². The van der Waals surface area contributed by atoms with E-state index >= 15 is 0 Å². The van der Waals surface area contributed by atoms with Crippen molar-refractivity contribution in [2.45, 2.75) is 25.7 Å². The highest BCUT2D eigenvalue weighted by atomic mass is 16.5. The van der Waals surface area contributed by atoms with Crippen molar-refractivity contribution >= 4 is 11.7 Å². The Labute approximate surface area is 114 Å². The zero-order valence-electron chi connectivity index (χ0n) is 11.7. The number of anilines is 1. The maximum absolute atomic E-state index is 7.73. The molecule has 0 saturated heterocycles.